The third kappa shape index (κ3) is 3.10. The molecule has 20 heavy (non-hydrogen) atoms. The molecule has 0 heterocycles. The van der Waals surface area contributed by atoms with Crippen molar-refractivity contribution in [3.63, 3.8) is 0 Å². The second kappa shape index (κ2) is 6.78. The minimum absolute atomic E-state index is 0.0938. The SMILES string of the molecule is CCc1ccc(C(Cl)c2cccc(Br)c2C)cc1CC. The lowest BCUT2D eigenvalue weighted by Gasteiger charge is -2.16. The zero-order valence-corrected chi connectivity index (χ0v) is 14.6. The monoisotopic (exact) mass is 350 g/mol. The summed E-state index contributed by atoms with van der Waals surface area (Å²) in [5.74, 6) is 0. The summed E-state index contributed by atoms with van der Waals surface area (Å²) in [7, 11) is 0. The van der Waals surface area contributed by atoms with Crippen LogP contribution in [0.5, 0.6) is 0 Å². The Morgan fingerprint density at radius 1 is 1.05 bits per heavy atom. The highest BCUT2D eigenvalue weighted by molar-refractivity contribution is 9.10. The van der Waals surface area contributed by atoms with Crippen molar-refractivity contribution in [3.8, 4) is 0 Å². The van der Waals surface area contributed by atoms with Crippen LogP contribution in [0.4, 0.5) is 0 Å². The number of alkyl halides is 1. The standard InChI is InChI=1S/C18H20BrCl/c1-4-13-9-10-15(11-14(13)5-2)18(20)16-7-6-8-17(19)12(16)3/h6-11,18H,4-5H2,1-3H3. The Labute approximate surface area is 135 Å². The zero-order valence-electron chi connectivity index (χ0n) is 12.2. The minimum atomic E-state index is -0.0938. The predicted molar refractivity (Wildman–Crippen MR) is 91.8 cm³/mol. The van der Waals surface area contributed by atoms with Gasteiger partial charge in [-0.1, -0.05) is 60.1 Å². The van der Waals surface area contributed by atoms with Gasteiger partial charge in [-0.25, -0.2) is 0 Å². The largest absolute Gasteiger partial charge is 0.113 e. The Hall–Kier alpha value is -0.790. The fourth-order valence-corrected chi connectivity index (χ4v) is 3.31. The van der Waals surface area contributed by atoms with Crippen molar-refractivity contribution in [3.05, 3.63) is 68.7 Å². The third-order valence-corrected chi connectivity index (χ3v) is 5.21. The van der Waals surface area contributed by atoms with Gasteiger partial charge in [0, 0.05) is 4.47 Å². The number of benzene rings is 2. The molecule has 2 aromatic rings. The molecule has 106 valence electrons. The molecule has 2 heteroatoms. The van der Waals surface area contributed by atoms with E-state index in [-0.39, 0.29) is 5.38 Å². The maximum Gasteiger partial charge on any atom is 0.0838 e. The first kappa shape index (κ1) is 15.6. The molecule has 0 radical (unpaired) electrons. The van der Waals surface area contributed by atoms with E-state index in [1.54, 1.807) is 0 Å². The summed E-state index contributed by atoms with van der Waals surface area (Å²) in [4.78, 5) is 0. The van der Waals surface area contributed by atoms with Crippen molar-refractivity contribution >= 4 is 27.5 Å². The van der Waals surface area contributed by atoms with Gasteiger partial charge in [-0.2, -0.15) is 0 Å². The molecule has 2 rings (SSSR count). The van der Waals surface area contributed by atoms with Crippen molar-refractivity contribution < 1.29 is 0 Å². The molecule has 0 spiro atoms. The fraction of sp³-hybridized carbons (Fsp3) is 0.333. The van der Waals surface area contributed by atoms with Crippen LogP contribution in [0.2, 0.25) is 0 Å². The molecule has 0 bridgehead atoms. The van der Waals surface area contributed by atoms with Crippen LogP contribution in [-0.2, 0) is 12.8 Å². The Bertz CT molecular complexity index is 604. The molecule has 0 fully saturated rings. The smallest absolute Gasteiger partial charge is 0.0838 e. The summed E-state index contributed by atoms with van der Waals surface area (Å²) in [6.07, 6.45) is 2.13. The van der Waals surface area contributed by atoms with Gasteiger partial charge in [-0.15, -0.1) is 11.6 Å². The first-order valence-corrected chi connectivity index (χ1v) is 8.32. The van der Waals surface area contributed by atoms with Gasteiger partial charge in [0.15, 0.2) is 0 Å². The van der Waals surface area contributed by atoms with Crippen LogP contribution in [0.3, 0.4) is 0 Å². The van der Waals surface area contributed by atoms with E-state index in [0.29, 0.717) is 0 Å². The van der Waals surface area contributed by atoms with Crippen LogP contribution in [0.1, 0.15) is 47.0 Å². The Kier molecular flexibility index (Phi) is 5.29. The van der Waals surface area contributed by atoms with E-state index in [2.05, 4.69) is 67.0 Å². The summed E-state index contributed by atoms with van der Waals surface area (Å²) in [6, 6.07) is 12.9. The Morgan fingerprint density at radius 3 is 2.40 bits per heavy atom. The van der Waals surface area contributed by atoms with Crippen LogP contribution < -0.4 is 0 Å². The third-order valence-electron chi connectivity index (χ3n) is 3.87. The molecule has 0 aliphatic carbocycles. The van der Waals surface area contributed by atoms with Crippen molar-refractivity contribution in [2.45, 2.75) is 39.0 Å². The predicted octanol–water partition coefficient (Wildman–Crippen LogP) is 6.21. The van der Waals surface area contributed by atoms with Crippen LogP contribution in [0.25, 0.3) is 0 Å². The number of hydrogen-bond acceptors (Lipinski definition) is 0. The summed E-state index contributed by atoms with van der Waals surface area (Å²) in [6.45, 7) is 6.51. The molecule has 2 aromatic carbocycles. The molecule has 0 aliphatic rings. The lowest BCUT2D eigenvalue weighted by molar-refractivity contribution is 1.01. The van der Waals surface area contributed by atoms with E-state index >= 15 is 0 Å². The van der Waals surface area contributed by atoms with Crippen molar-refractivity contribution in [2.24, 2.45) is 0 Å². The molecule has 0 N–H and O–H groups in total. The van der Waals surface area contributed by atoms with Gasteiger partial charge in [0.05, 0.1) is 5.38 Å². The van der Waals surface area contributed by atoms with E-state index in [1.807, 2.05) is 6.07 Å². The number of hydrogen-bond donors (Lipinski definition) is 0. The average Bonchev–Trinajstić information content (AvgIpc) is 2.48. The summed E-state index contributed by atoms with van der Waals surface area (Å²) < 4.78 is 1.11. The molecule has 0 nitrogen and oxygen atoms in total. The first-order chi connectivity index (χ1) is 9.58. The van der Waals surface area contributed by atoms with Gasteiger partial charge in [-0.05, 0) is 53.6 Å². The molecule has 0 aromatic heterocycles. The molecule has 0 saturated carbocycles. The van der Waals surface area contributed by atoms with Gasteiger partial charge in [-0.3, -0.25) is 0 Å². The van der Waals surface area contributed by atoms with Crippen molar-refractivity contribution in [1.82, 2.24) is 0 Å². The second-order valence-electron chi connectivity index (χ2n) is 5.05. The van der Waals surface area contributed by atoms with E-state index in [0.717, 1.165) is 17.3 Å². The van der Waals surface area contributed by atoms with E-state index < -0.39 is 0 Å². The number of rotatable bonds is 4. The Balaban J connectivity index is 2.43. The summed E-state index contributed by atoms with van der Waals surface area (Å²) in [5, 5.41) is -0.0938. The number of aryl methyl sites for hydroxylation is 2. The molecule has 1 atom stereocenters. The van der Waals surface area contributed by atoms with Crippen molar-refractivity contribution in [1.29, 1.82) is 0 Å². The van der Waals surface area contributed by atoms with Gasteiger partial charge >= 0.3 is 0 Å². The number of halogens is 2. The molecule has 1 unspecified atom stereocenters. The van der Waals surface area contributed by atoms with Crippen LogP contribution in [0, 0.1) is 6.92 Å². The van der Waals surface area contributed by atoms with E-state index in [1.165, 1.54) is 27.8 Å². The van der Waals surface area contributed by atoms with Crippen LogP contribution >= 0.6 is 27.5 Å². The zero-order chi connectivity index (χ0) is 14.7. The maximum absolute atomic E-state index is 6.71. The summed E-state index contributed by atoms with van der Waals surface area (Å²) >= 11 is 10.3. The molecule has 0 amide bonds. The average molecular weight is 352 g/mol. The molecular weight excluding hydrogens is 332 g/mol. The summed E-state index contributed by atoms with van der Waals surface area (Å²) in [5.41, 5.74) is 6.40. The minimum Gasteiger partial charge on any atom is -0.113 e. The maximum atomic E-state index is 6.71. The normalized spacial score (nSPS) is 12.4. The Morgan fingerprint density at radius 2 is 1.75 bits per heavy atom. The van der Waals surface area contributed by atoms with Gasteiger partial charge in [0.2, 0.25) is 0 Å². The second-order valence-corrected chi connectivity index (χ2v) is 6.34. The topological polar surface area (TPSA) is 0 Å². The molecular formula is C18H20BrCl. The van der Waals surface area contributed by atoms with Crippen molar-refractivity contribution in [2.75, 3.05) is 0 Å². The quantitative estimate of drug-likeness (QED) is 0.574. The molecule has 0 aliphatic heterocycles. The van der Waals surface area contributed by atoms with Crippen LogP contribution in [0.15, 0.2) is 40.9 Å². The highest BCUT2D eigenvalue weighted by atomic mass is 79.9. The first-order valence-electron chi connectivity index (χ1n) is 7.09. The van der Waals surface area contributed by atoms with Gasteiger partial charge in [0.25, 0.3) is 0 Å². The lowest BCUT2D eigenvalue weighted by atomic mass is 9.95. The van der Waals surface area contributed by atoms with E-state index in [4.69, 9.17) is 11.6 Å². The van der Waals surface area contributed by atoms with Crippen LogP contribution in [-0.4, -0.2) is 0 Å². The van der Waals surface area contributed by atoms with Gasteiger partial charge < -0.3 is 0 Å². The highest BCUT2D eigenvalue weighted by Crippen LogP contribution is 2.34. The van der Waals surface area contributed by atoms with Gasteiger partial charge in [0.1, 0.15) is 0 Å². The molecule has 0 saturated heterocycles. The fourth-order valence-electron chi connectivity index (χ4n) is 2.56. The highest BCUT2D eigenvalue weighted by Gasteiger charge is 2.15. The van der Waals surface area contributed by atoms with E-state index in [9.17, 15) is 0 Å². The lowest BCUT2D eigenvalue weighted by Crippen LogP contribution is -2.00.